The van der Waals surface area contributed by atoms with Gasteiger partial charge in [-0.3, -0.25) is 13.9 Å². The number of hydrogen-bond acceptors (Lipinski definition) is 4. The SMILES string of the molecule is CCCNC(=O)[C@H](C)N(Cc1ccc(C)cc1)C(=O)CN(c1ccc(Cl)c(Cl)c1)S(C)(=O)=O. The predicted molar refractivity (Wildman–Crippen MR) is 133 cm³/mol. The normalized spacial score (nSPS) is 12.2. The first-order valence-electron chi connectivity index (χ1n) is 10.5. The maximum atomic E-state index is 13.4. The number of hydrogen-bond donors (Lipinski definition) is 1. The molecule has 0 aliphatic carbocycles. The topological polar surface area (TPSA) is 86.8 Å². The summed E-state index contributed by atoms with van der Waals surface area (Å²) in [4.78, 5) is 27.4. The number of benzene rings is 2. The first-order valence-corrected chi connectivity index (χ1v) is 13.1. The average molecular weight is 514 g/mol. The quantitative estimate of drug-likeness (QED) is 0.519. The van der Waals surface area contributed by atoms with Crippen LogP contribution in [0.25, 0.3) is 0 Å². The Kier molecular flexibility index (Phi) is 9.57. The van der Waals surface area contributed by atoms with Crippen LogP contribution in [0.15, 0.2) is 42.5 Å². The maximum Gasteiger partial charge on any atom is 0.244 e. The van der Waals surface area contributed by atoms with E-state index in [-0.39, 0.29) is 28.2 Å². The van der Waals surface area contributed by atoms with Crippen molar-refractivity contribution < 1.29 is 18.0 Å². The molecule has 2 amide bonds. The Labute approximate surface area is 205 Å². The summed E-state index contributed by atoms with van der Waals surface area (Å²) in [6, 6.07) is 11.1. The van der Waals surface area contributed by atoms with Crippen LogP contribution in [-0.2, 0) is 26.2 Å². The monoisotopic (exact) mass is 513 g/mol. The first-order chi connectivity index (χ1) is 15.4. The highest BCUT2D eigenvalue weighted by atomic mass is 35.5. The van der Waals surface area contributed by atoms with E-state index in [1.165, 1.54) is 23.1 Å². The fourth-order valence-corrected chi connectivity index (χ4v) is 4.26. The van der Waals surface area contributed by atoms with Gasteiger partial charge in [0, 0.05) is 13.1 Å². The van der Waals surface area contributed by atoms with E-state index in [2.05, 4.69) is 5.32 Å². The highest BCUT2D eigenvalue weighted by Crippen LogP contribution is 2.28. The number of aryl methyl sites for hydroxylation is 1. The smallest absolute Gasteiger partial charge is 0.244 e. The first kappa shape index (κ1) is 27.0. The van der Waals surface area contributed by atoms with Gasteiger partial charge in [-0.25, -0.2) is 8.42 Å². The molecule has 2 aromatic rings. The molecule has 0 saturated heterocycles. The van der Waals surface area contributed by atoms with E-state index in [0.717, 1.165) is 28.1 Å². The molecule has 0 aliphatic heterocycles. The number of rotatable bonds is 10. The number of carbonyl (C=O) groups is 2. The lowest BCUT2D eigenvalue weighted by Gasteiger charge is -2.31. The molecule has 0 aromatic heterocycles. The zero-order chi connectivity index (χ0) is 24.8. The number of nitrogens with zero attached hydrogens (tertiary/aromatic N) is 2. The number of nitrogens with one attached hydrogen (secondary N) is 1. The summed E-state index contributed by atoms with van der Waals surface area (Å²) in [7, 11) is -3.83. The second kappa shape index (κ2) is 11.7. The van der Waals surface area contributed by atoms with Crippen LogP contribution in [0.1, 0.15) is 31.4 Å². The zero-order valence-electron chi connectivity index (χ0n) is 19.1. The summed E-state index contributed by atoms with van der Waals surface area (Å²) in [5, 5.41) is 3.23. The maximum absolute atomic E-state index is 13.4. The third-order valence-electron chi connectivity index (χ3n) is 5.06. The molecule has 0 heterocycles. The van der Waals surface area contributed by atoms with Crippen molar-refractivity contribution in [2.45, 2.75) is 39.8 Å². The Morgan fingerprint density at radius 2 is 1.70 bits per heavy atom. The Morgan fingerprint density at radius 1 is 1.06 bits per heavy atom. The summed E-state index contributed by atoms with van der Waals surface area (Å²) in [5.74, 6) is -0.830. The molecule has 180 valence electrons. The van der Waals surface area contributed by atoms with Gasteiger partial charge in [-0.2, -0.15) is 0 Å². The van der Waals surface area contributed by atoms with Crippen LogP contribution in [-0.4, -0.2) is 50.5 Å². The van der Waals surface area contributed by atoms with Gasteiger partial charge in [-0.15, -0.1) is 0 Å². The van der Waals surface area contributed by atoms with Gasteiger partial charge in [0.2, 0.25) is 21.8 Å². The van der Waals surface area contributed by atoms with Crippen molar-refractivity contribution >= 4 is 50.7 Å². The van der Waals surface area contributed by atoms with Gasteiger partial charge < -0.3 is 10.2 Å². The van der Waals surface area contributed by atoms with E-state index in [4.69, 9.17) is 23.2 Å². The van der Waals surface area contributed by atoms with E-state index in [9.17, 15) is 18.0 Å². The molecule has 1 atom stereocenters. The summed E-state index contributed by atoms with van der Waals surface area (Å²) in [5.41, 5.74) is 2.09. The van der Waals surface area contributed by atoms with Crippen LogP contribution in [0.2, 0.25) is 10.0 Å². The molecule has 33 heavy (non-hydrogen) atoms. The Hall–Kier alpha value is -2.29. The van der Waals surface area contributed by atoms with Gasteiger partial charge in [0.1, 0.15) is 12.6 Å². The fourth-order valence-electron chi connectivity index (χ4n) is 3.12. The van der Waals surface area contributed by atoms with Crippen molar-refractivity contribution in [1.29, 1.82) is 0 Å². The summed E-state index contributed by atoms with van der Waals surface area (Å²) < 4.78 is 26.0. The number of halogens is 2. The van der Waals surface area contributed by atoms with E-state index >= 15 is 0 Å². The molecule has 0 radical (unpaired) electrons. The largest absolute Gasteiger partial charge is 0.354 e. The van der Waals surface area contributed by atoms with E-state index in [1.54, 1.807) is 6.92 Å². The van der Waals surface area contributed by atoms with Gasteiger partial charge in [0.15, 0.2) is 0 Å². The van der Waals surface area contributed by atoms with Crippen molar-refractivity contribution in [2.75, 3.05) is 23.7 Å². The fraction of sp³-hybridized carbons (Fsp3) is 0.391. The summed E-state index contributed by atoms with van der Waals surface area (Å²) in [6.45, 7) is 5.65. The third kappa shape index (κ3) is 7.62. The minimum atomic E-state index is -3.83. The summed E-state index contributed by atoms with van der Waals surface area (Å²) in [6.07, 6.45) is 1.76. The molecule has 0 bridgehead atoms. The molecular weight excluding hydrogens is 485 g/mol. The third-order valence-corrected chi connectivity index (χ3v) is 6.94. The van der Waals surface area contributed by atoms with Crippen LogP contribution in [0, 0.1) is 6.92 Å². The van der Waals surface area contributed by atoms with Crippen molar-refractivity contribution in [3.8, 4) is 0 Å². The van der Waals surface area contributed by atoms with Crippen LogP contribution < -0.4 is 9.62 Å². The Bertz CT molecular complexity index is 1090. The minimum absolute atomic E-state index is 0.152. The van der Waals surface area contributed by atoms with Crippen molar-refractivity contribution in [3.05, 3.63) is 63.6 Å². The molecule has 2 aromatic carbocycles. The lowest BCUT2D eigenvalue weighted by Crippen LogP contribution is -2.51. The molecule has 1 N–H and O–H groups in total. The number of amides is 2. The second-order valence-electron chi connectivity index (χ2n) is 7.84. The van der Waals surface area contributed by atoms with Gasteiger partial charge >= 0.3 is 0 Å². The predicted octanol–water partition coefficient (Wildman–Crippen LogP) is 4.01. The number of carbonyl (C=O) groups excluding carboxylic acids is 2. The molecule has 0 spiro atoms. The van der Waals surface area contributed by atoms with Gasteiger partial charge in [-0.1, -0.05) is 60.0 Å². The second-order valence-corrected chi connectivity index (χ2v) is 10.6. The minimum Gasteiger partial charge on any atom is -0.354 e. The van der Waals surface area contributed by atoms with Crippen LogP contribution in [0.3, 0.4) is 0 Å². The van der Waals surface area contributed by atoms with Gasteiger partial charge in [0.25, 0.3) is 0 Å². The van der Waals surface area contributed by atoms with E-state index in [1.807, 2.05) is 38.1 Å². The Morgan fingerprint density at radius 3 is 2.24 bits per heavy atom. The average Bonchev–Trinajstić information content (AvgIpc) is 2.76. The van der Waals surface area contributed by atoms with Crippen LogP contribution in [0.4, 0.5) is 5.69 Å². The van der Waals surface area contributed by atoms with Gasteiger partial charge in [-0.05, 0) is 44.0 Å². The molecule has 0 fully saturated rings. The van der Waals surface area contributed by atoms with Crippen molar-refractivity contribution in [1.82, 2.24) is 10.2 Å². The number of sulfonamides is 1. The molecule has 7 nitrogen and oxygen atoms in total. The standard InChI is InChI=1S/C23H29Cl2N3O4S/c1-5-12-26-23(30)17(3)27(14-18-8-6-16(2)7-9-18)22(29)15-28(33(4,31)32)19-10-11-20(24)21(25)13-19/h6-11,13,17H,5,12,14-15H2,1-4H3,(H,26,30)/t17-/m0/s1. The summed E-state index contributed by atoms with van der Waals surface area (Å²) >= 11 is 12.0. The molecule has 0 saturated carbocycles. The molecule has 0 aliphatic rings. The lowest BCUT2D eigenvalue weighted by atomic mass is 10.1. The highest BCUT2D eigenvalue weighted by Gasteiger charge is 2.30. The zero-order valence-corrected chi connectivity index (χ0v) is 21.5. The van der Waals surface area contributed by atoms with Crippen LogP contribution >= 0.6 is 23.2 Å². The Balaban J connectivity index is 2.38. The van der Waals surface area contributed by atoms with E-state index < -0.39 is 28.5 Å². The van der Waals surface area contributed by atoms with Gasteiger partial charge in [0.05, 0.1) is 22.0 Å². The van der Waals surface area contributed by atoms with Crippen molar-refractivity contribution in [2.24, 2.45) is 0 Å². The molecule has 2 rings (SSSR count). The molecule has 10 heteroatoms. The highest BCUT2D eigenvalue weighted by molar-refractivity contribution is 7.92. The van der Waals surface area contributed by atoms with Crippen molar-refractivity contribution in [3.63, 3.8) is 0 Å². The molecule has 0 unspecified atom stereocenters. The number of anilines is 1. The van der Waals surface area contributed by atoms with E-state index in [0.29, 0.717) is 6.54 Å². The van der Waals surface area contributed by atoms with Crippen LogP contribution in [0.5, 0.6) is 0 Å². The molecular formula is C23H29Cl2N3O4S. The lowest BCUT2D eigenvalue weighted by molar-refractivity contribution is -0.139.